The van der Waals surface area contributed by atoms with E-state index in [0.717, 1.165) is 16.3 Å². The molecule has 1 heterocycles. The molecule has 0 saturated heterocycles. The first-order chi connectivity index (χ1) is 15.8. The van der Waals surface area contributed by atoms with Gasteiger partial charge in [0.05, 0.1) is 11.0 Å². The smallest absolute Gasteiger partial charge is 0.342 e. The first-order valence-electron chi connectivity index (χ1n) is 10.2. The van der Waals surface area contributed by atoms with E-state index in [1.165, 1.54) is 35.6 Å². The summed E-state index contributed by atoms with van der Waals surface area (Å²) in [6, 6.07) is 19.1. The first kappa shape index (κ1) is 22.2. The molecular formula is C25H20N2O5S. The fourth-order valence-electron chi connectivity index (χ4n) is 3.40. The summed E-state index contributed by atoms with van der Waals surface area (Å²) in [7, 11) is 0. The second-order valence-corrected chi connectivity index (χ2v) is 8.51. The number of non-ortho nitro benzene ring substituents is 1. The molecule has 8 heteroatoms. The molecule has 166 valence electrons. The quantitative estimate of drug-likeness (QED) is 0.207. The highest BCUT2D eigenvalue weighted by molar-refractivity contribution is 7.15. The predicted molar refractivity (Wildman–Crippen MR) is 129 cm³/mol. The van der Waals surface area contributed by atoms with Gasteiger partial charge >= 0.3 is 5.97 Å². The van der Waals surface area contributed by atoms with Crippen LogP contribution in [-0.4, -0.2) is 22.9 Å². The normalized spacial score (nSPS) is 10.9. The summed E-state index contributed by atoms with van der Waals surface area (Å²) in [5, 5.41) is 17.9. The number of nitro groups is 1. The average molecular weight is 461 g/mol. The number of benzene rings is 3. The Morgan fingerprint density at radius 3 is 2.36 bits per heavy atom. The number of carbonyl (C=O) groups excluding carboxylic acids is 2. The van der Waals surface area contributed by atoms with Crippen molar-refractivity contribution in [2.75, 3.05) is 5.32 Å². The molecule has 0 fully saturated rings. The number of fused-ring (bicyclic) bond motifs is 1. The number of hydrogen-bond donors (Lipinski definition) is 1. The van der Waals surface area contributed by atoms with Crippen LogP contribution in [0.1, 0.15) is 34.6 Å². The molecule has 0 atom stereocenters. The summed E-state index contributed by atoms with van der Waals surface area (Å²) in [4.78, 5) is 36.1. The molecule has 1 aromatic heterocycles. The fourth-order valence-corrected chi connectivity index (χ4v) is 4.36. The van der Waals surface area contributed by atoms with E-state index in [9.17, 15) is 19.7 Å². The number of nitro benzene ring substituents is 1. The molecule has 1 N–H and O–H groups in total. The Hall–Kier alpha value is -4.04. The maximum absolute atomic E-state index is 13.0. The van der Waals surface area contributed by atoms with Crippen LogP contribution in [0.25, 0.3) is 21.9 Å². The van der Waals surface area contributed by atoms with E-state index in [0.29, 0.717) is 10.6 Å². The summed E-state index contributed by atoms with van der Waals surface area (Å²) in [5.74, 6) is -1.01. The van der Waals surface area contributed by atoms with E-state index in [-0.39, 0.29) is 22.9 Å². The Morgan fingerprint density at radius 2 is 1.70 bits per heavy atom. The molecule has 0 saturated carbocycles. The average Bonchev–Trinajstić information content (AvgIpc) is 3.22. The van der Waals surface area contributed by atoms with E-state index < -0.39 is 16.8 Å². The monoisotopic (exact) mass is 460 g/mol. The second kappa shape index (κ2) is 9.22. The van der Waals surface area contributed by atoms with Gasteiger partial charge in [0.15, 0.2) is 0 Å². The van der Waals surface area contributed by atoms with Gasteiger partial charge < -0.3 is 10.1 Å². The van der Waals surface area contributed by atoms with Crippen LogP contribution in [0.5, 0.6) is 0 Å². The molecule has 4 aromatic rings. The van der Waals surface area contributed by atoms with Gasteiger partial charge in [-0.2, -0.15) is 0 Å². The van der Waals surface area contributed by atoms with Crippen molar-refractivity contribution in [3.05, 3.63) is 93.4 Å². The van der Waals surface area contributed by atoms with E-state index in [4.69, 9.17) is 4.74 Å². The molecule has 0 aliphatic heterocycles. The van der Waals surface area contributed by atoms with Gasteiger partial charge in [-0.05, 0) is 48.4 Å². The molecule has 7 nitrogen and oxygen atoms in total. The number of hydrogen-bond acceptors (Lipinski definition) is 6. The van der Waals surface area contributed by atoms with Gasteiger partial charge in [0.2, 0.25) is 0 Å². The number of esters is 1. The third kappa shape index (κ3) is 4.75. The fraction of sp³-hybridized carbons (Fsp3) is 0.120. The minimum Gasteiger partial charge on any atom is -0.459 e. The van der Waals surface area contributed by atoms with Crippen molar-refractivity contribution < 1.29 is 19.2 Å². The molecule has 0 aliphatic carbocycles. The van der Waals surface area contributed by atoms with Gasteiger partial charge in [0.1, 0.15) is 10.6 Å². The second-order valence-electron chi connectivity index (χ2n) is 7.63. The molecule has 0 radical (unpaired) electrons. The van der Waals surface area contributed by atoms with E-state index in [2.05, 4.69) is 5.32 Å². The van der Waals surface area contributed by atoms with Crippen LogP contribution in [0.4, 0.5) is 10.7 Å². The Balaban J connectivity index is 1.71. The Kier molecular flexibility index (Phi) is 6.19. The lowest BCUT2D eigenvalue weighted by molar-refractivity contribution is -0.384. The molecule has 1 amide bonds. The van der Waals surface area contributed by atoms with Crippen molar-refractivity contribution in [1.29, 1.82) is 0 Å². The van der Waals surface area contributed by atoms with Gasteiger partial charge in [0, 0.05) is 28.6 Å². The van der Waals surface area contributed by atoms with Crippen LogP contribution in [-0.2, 0) is 4.74 Å². The van der Waals surface area contributed by atoms with Crippen LogP contribution >= 0.6 is 11.3 Å². The zero-order valence-corrected chi connectivity index (χ0v) is 18.7. The van der Waals surface area contributed by atoms with Crippen LogP contribution in [0.2, 0.25) is 0 Å². The third-order valence-corrected chi connectivity index (χ3v) is 5.86. The molecular weight excluding hydrogens is 440 g/mol. The summed E-state index contributed by atoms with van der Waals surface area (Å²) in [5.41, 5.74) is 1.90. The van der Waals surface area contributed by atoms with Crippen LogP contribution in [0.15, 0.2) is 72.1 Å². The Labute approximate surface area is 193 Å². The molecule has 0 unspecified atom stereocenters. The molecule has 33 heavy (non-hydrogen) atoms. The number of thiophene rings is 1. The SMILES string of the molecule is CC(C)OC(=O)c1c(-c2ccc3ccccc3c2)csc1NC(=O)c1ccc([N+](=O)[O-])cc1. The van der Waals surface area contributed by atoms with Crippen molar-refractivity contribution in [3.8, 4) is 11.1 Å². The minimum atomic E-state index is -0.534. The largest absolute Gasteiger partial charge is 0.459 e. The lowest BCUT2D eigenvalue weighted by Gasteiger charge is -2.12. The molecule has 0 aliphatic rings. The lowest BCUT2D eigenvalue weighted by atomic mass is 10.00. The highest BCUT2D eigenvalue weighted by Gasteiger charge is 2.24. The predicted octanol–water partition coefficient (Wildman–Crippen LogP) is 6.29. The van der Waals surface area contributed by atoms with Gasteiger partial charge in [-0.3, -0.25) is 14.9 Å². The number of ether oxygens (including phenoxy) is 1. The summed E-state index contributed by atoms with van der Waals surface area (Å²) >= 11 is 1.22. The molecule has 0 spiro atoms. The number of nitrogens with zero attached hydrogens (tertiary/aromatic N) is 1. The van der Waals surface area contributed by atoms with Gasteiger partial charge in [-0.1, -0.05) is 36.4 Å². The highest BCUT2D eigenvalue weighted by Crippen LogP contribution is 2.37. The van der Waals surface area contributed by atoms with Crippen LogP contribution in [0.3, 0.4) is 0 Å². The lowest BCUT2D eigenvalue weighted by Crippen LogP contribution is -2.16. The van der Waals surface area contributed by atoms with Crippen molar-refractivity contribution >= 4 is 44.7 Å². The van der Waals surface area contributed by atoms with Gasteiger partial charge in [-0.25, -0.2) is 4.79 Å². The molecule has 3 aromatic carbocycles. The Morgan fingerprint density at radius 1 is 1.00 bits per heavy atom. The zero-order chi connectivity index (χ0) is 23.5. The topological polar surface area (TPSA) is 98.5 Å². The number of nitrogens with one attached hydrogen (secondary N) is 1. The number of carbonyl (C=O) groups is 2. The maximum Gasteiger partial charge on any atom is 0.342 e. The zero-order valence-electron chi connectivity index (χ0n) is 17.9. The van der Waals surface area contributed by atoms with E-state index in [1.54, 1.807) is 13.8 Å². The van der Waals surface area contributed by atoms with Gasteiger partial charge in [-0.15, -0.1) is 11.3 Å². The standard InChI is InChI=1S/C25H20N2O5S/c1-15(2)32-25(29)22-21(19-8-7-16-5-3-4-6-18(16)13-19)14-33-24(22)26-23(28)17-9-11-20(12-10-17)27(30)31/h3-15H,1-2H3,(H,26,28). The van der Waals surface area contributed by atoms with E-state index in [1.807, 2.05) is 47.8 Å². The number of rotatable bonds is 6. The minimum absolute atomic E-state index is 0.109. The highest BCUT2D eigenvalue weighted by atomic mass is 32.1. The number of anilines is 1. The van der Waals surface area contributed by atoms with Crippen LogP contribution < -0.4 is 5.32 Å². The maximum atomic E-state index is 13.0. The van der Waals surface area contributed by atoms with E-state index >= 15 is 0 Å². The third-order valence-electron chi connectivity index (χ3n) is 4.97. The van der Waals surface area contributed by atoms with Crippen LogP contribution in [0, 0.1) is 10.1 Å². The van der Waals surface area contributed by atoms with Crippen molar-refractivity contribution in [3.63, 3.8) is 0 Å². The molecule has 0 bridgehead atoms. The van der Waals surface area contributed by atoms with Gasteiger partial charge in [0.25, 0.3) is 11.6 Å². The summed E-state index contributed by atoms with van der Waals surface area (Å²) in [6.45, 7) is 3.52. The Bertz CT molecular complexity index is 1360. The van der Waals surface area contributed by atoms with Crippen molar-refractivity contribution in [2.45, 2.75) is 20.0 Å². The first-order valence-corrected chi connectivity index (χ1v) is 11.1. The van der Waals surface area contributed by atoms with Crippen molar-refractivity contribution in [1.82, 2.24) is 0 Å². The number of amides is 1. The van der Waals surface area contributed by atoms with Crippen molar-refractivity contribution in [2.24, 2.45) is 0 Å². The molecule has 4 rings (SSSR count). The summed E-state index contributed by atoms with van der Waals surface area (Å²) in [6.07, 6.45) is -0.333. The summed E-state index contributed by atoms with van der Waals surface area (Å²) < 4.78 is 5.46.